The number of hydrogen-bond acceptors (Lipinski definition) is 3. The van der Waals surface area contributed by atoms with E-state index in [0.29, 0.717) is 24.0 Å². The fourth-order valence-corrected chi connectivity index (χ4v) is 3.35. The number of ketones is 1. The molecule has 1 atom stereocenters. The van der Waals surface area contributed by atoms with Crippen LogP contribution in [-0.4, -0.2) is 18.9 Å². The van der Waals surface area contributed by atoms with Gasteiger partial charge in [-0.2, -0.15) is 0 Å². The molecule has 2 aromatic rings. The van der Waals surface area contributed by atoms with Crippen molar-refractivity contribution in [2.75, 3.05) is 7.11 Å². The zero-order valence-corrected chi connectivity index (χ0v) is 14.0. The second kappa shape index (κ2) is 7.01. The number of hydrogen-bond donors (Lipinski definition) is 0. The third-order valence-corrected chi connectivity index (χ3v) is 4.72. The minimum absolute atomic E-state index is 0.204. The van der Waals surface area contributed by atoms with Crippen molar-refractivity contribution in [3.05, 3.63) is 77.1 Å². The Bertz CT molecular complexity index is 841. The Kier molecular flexibility index (Phi) is 4.79. The van der Waals surface area contributed by atoms with Crippen LogP contribution in [0.3, 0.4) is 0 Å². The lowest BCUT2D eigenvalue weighted by Gasteiger charge is -2.33. The smallest absolute Gasteiger partial charge is 0.320 e. The van der Waals surface area contributed by atoms with Crippen LogP contribution in [0.5, 0.6) is 0 Å². The van der Waals surface area contributed by atoms with E-state index in [0.717, 1.165) is 5.56 Å². The molecule has 0 saturated heterocycles. The van der Waals surface area contributed by atoms with E-state index in [1.165, 1.54) is 19.2 Å². The highest BCUT2D eigenvalue weighted by Gasteiger charge is 2.48. The van der Waals surface area contributed by atoms with Crippen LogP contribution in [0.1, 0.15) is 34.3 Å². The molecule has 0 aliphatic heterocycles. The van der Waals surface area contributed by atoms with Crippen LogP contribution in [0.15, 0.2) is 54.6 Å². The van der Waals surface area contributed by atoms with Crippen LogP contribution >= 0.6 is 0 Å². The number of halogens is 1. The third kappa shape index (κ3) is 3.25. The van der Waals surface area contributed by atoms with Gasteiger partial charge in [-0.25, -0.2) is 4.39 Å². The molecule has 0 heterocycles. The van der Waals surface area contributed by atoms with Crippen LogP contribution in [0.25, 0.3) is 6.08 Å². The summed E-state index contributed by atoms with van der Waals surface area (Å²) in [6.07, 6.45) is 4.75. The van der Waals surface area contributed by atoms with Gasteiger partial charge in [0.1, 0.15) is 11.2 Å². The lowest BCUT2D eigenvalue weighted by molar-refractivity contribution is -0.150. The maximum atomic E-state index is 13.3. The van der Waals surface area contributed by atoms with E-state index in [-0.39, 0.29) is 18.0 Å². The quantitative estimate of drug-likeness (QED) is 0.619. The van der Waals surface area contributed by atoms with Crippen molar-refractivity contribution in [1.82, 2.24) is 0 Å². The monoisotopic (exact) mass is 338 g/mol. The summed E-state index contributed by atoms with van der Waals surface area (Å²) in [6, 6.07) is 13.5. The third-order valence-electron chi connectivity index (χ3n) is 4.72. The van der Waals surface area contributed by atoms with Crippen molar-refractivity contribution in [1.29, 1.82) is 0 Å². The largest absolute Gasteiger partial charge is 0.468 e. The molecule has 128 valence electrons. The second-order valence-electron chi connectivity index (χ2n) is 6.22. The molecule has 0 aromatic heterocycles. The van der Waals surface area contributed by atoms with E-state index in [2.05, 4.69) is 0 Å². The topological polar surface area (TPSA) is 43.4 Å². The number of rotatable bonds is 4. The van der Waals surface area contributed by atoms with E-state index in [1.54, 1.807) is 36.4 Å². The number of esters is 1. The zero-order valence-electron chi connectivity index (χ0n) is 14.0. The van der Waals surface area contributed by atoms with Gasteiger partial charge in [0.2, 0.25) is 0 Å². The van der Waals surface area contributed by atoms with E-state index in [9.17, 15) is 14.0 Å². The van der Waals surface area contributed by atoms with Crippen molar-refractivity contribution in [2.24, 2.45) is 5.41 Å². The second-order valence-corrected chi connectivity index (χ2v) is 6.22. The predicted octanol–water partition coefficient (Wildman–Crippen LogP) is 4.22. The summed E-state index contributed by atoms with van der Waals surface area (Å²) >= 11 is 0. The van der Waals surface area contributed by atoms with E-state index >= 15 is 0 Å². The molecule has 1 unspecified atom stereocenters. The first-order valence-corrected chi connectivity index (χ1v) is 8.20. The van der Waals surface area contributed by atoms with Gasteiger partial charge >= 0.3 is 5.97 Å². The van der Waals surface area contributed by atoms with Crippen LogP contribution in [0.2, 0.25) is 0 Å². The highest BCUT2D eigenvalue weighted by molar-refractivity contribution is 6.14. The van der Waals surface area contributed by atoms with Crippen molar-refractivity contribution in [3.63, 3.8) is 0 Å². The molecule has 0 N–H and O–H groups in total. The van der Waals surface area contributed by atoms with Gasteiger partial charge in [-0.3, -0.25) is 9.59 Å². The number of methoxy groups -OCH3 is 1. The van der Waals surface area contributed by atoms with Crippen LogP contribution in [0.4, 0.5) is 4.39 Å². The SMILES string of the molecule is COC(=O)C1(C/C=C\c2cccc(F)c2)CCc2ccccc2C1=O. The van der Waals surface area contributed by atoms with E-state index < -0.39 is 11.4 Å². The summed E-state index contributed by atoms with van der Waals surface area (Å²) in [5.41, 5.74) is 1.01. The zero-order chi connectivity index (χ0) is 17.9. The Balaban J connectivity index is 1.90. The number of allylic oxidation sites excluding steroid dienone is 1. The maximum absolute atomic E-state index is 13.3. The van der Waals surface area contributed by atoms with E-state index in [4.69, 9.17) is 4.74 Å². The number of ether oxygens (including phenoxy) is 1. The van der Waals surface area contributed by atoms with Gasteiger partial charge in [-0.1, -0.05) is 48.6 Å². The first-order chi connectivity index (χ1) is 12.1. The van der Waals surface area contributed by atoms with Gasteiger partial charge in [0.05, 0.1) is 7.11 Å². The van der Waals surface area contributed by atoms with Gasteiger partial charge in [-0.05, 0) is 42.5 Å². The summed E-state index contributed by atoms with van der Waals surface area (Å²) in [6.45, 7) is 0. The highest BCUT2D eigenvalue weighted by atomic mass is 19.1. The fraction of sp³-hybridized carbons (Fsp3) is 0.238. The minimum Gasteiger partial charge on any atom is -0.468 e. The number of aryl methyl sites for hydroxylation is 1. The Morgan fingerprint density at radius 3 is 2.80 bits per heavy atom. The van der Waals surface area contributed by atoms with Crippen molar-refractivity contribution < 1.29 is 18.7 Å². The average molecular weight is 338 g/mol. The maximum Gasteiger partial charge on any atom is 0.320 e. The van der Waals surface area contributed by atoms with Gasteiger partial charge in [-0.15, -0.1) is 0 Å². The molecule has 1 aliphatic carbocycles. The lowest BCUT2D eigenvalue weighted by atomic mass is 9.68. The van der Waals surface area contributed by atoms with E-state index in [1.807, 2.05) is 12.1 Å². The lowest BCUT2D eigenvalue weighted by Crippen LogP contribution is -2.43. The summed E-state index contributed by atoms with van der Waals surface area (Å²) < 4.78 is 18.2. The number of Topliss-reactive ketones (excluding diaryl/α,β-unsaturated/α-hetero) is 1. The van der Waals surface area contributed by atoms with Gasteiger partial charge in [0.25, 0.3) is 0 Å². The Labute approximate surface area is 146 Å². The van der Waals surface area contributed by atoms with Gasteiger partial charge in [0.15, 0.2) is 5.78 Å². The molecule has 0 radical (unpaired) electrons. The first kappa shape index (κ1) is 17.1. The molecule has 0 bridgehead atoms. The predicted molar refractivity (Wildman–Crippen MR) is 93.6 cm³/mol. The summed E-state index contributed by atoms with van der Waals surface area (Å²) in [4.78, 5) is 25.5. The molecular formula is C21H19FO3. The normalized spacial score (nSPS) is 19.7. The molecule has 3 nitrogen and oxygen atoms in total. The molecule has 1 aliphatic rings. The van der Waals surface area contributed by atoms with Crippen molar-refractivity contribution in [3.8, 4) is 0 Å². The summed E-state index contributed by atoms with van der Waals surface area (Å²) in [5.74, 6) is -1.05. The summed E-state index contributed by atoms with van der Waals surface area (Å²) in [7, 11) is 1.30. The molecule has 3 rings (SSSR count). The highest BCUT2D eigenvalue weighted by Crippen LogP contribution is 2.40. The average Bonchev–Trinajstić information content (AvgIpc) is 2.63. The Hall–Kier alpha value is -2.75. The van der Waals surface area contributed by atoms with Gasteiger partial charge in [0, 0.05) is 5.56 Å². The Morgan fingerprint density at radius 1 is 1.24 bits per heavy atom. The Morgan fingerprint density at radius 2 is 2.04 bits per heavy atom. The molecule has 0 amide bonds. The van der Waals surface area contributed by atoms with Crippen LogP contribution < -0.4 is 0 Å². The summed E-state index contributed by atoms with van der Waals surface area (Å²) in [5, 5.41) is 0. The first-order valence-electron chi connectivity index (χ1n) is 8.20. The number of carbonyl (C=O) groups excluding carboxylic acids is 2. The van der Waals surface area contributed by atoms with Crippen molar-refractivity contribution >= 4 is 17.8 Å². The van der Waals surface area contributed by atoms with Crippen molar-refractivity contribution in [2.45, 2.75) is 19.3 Å². The van der Waals surface area contributed by atoms with Gasteiger partial charge < -0.3 is 4.74 Å². The number of fused-ring (bicyclic) bond motifs is 1. The molecule has 0 saturated carbocycles. The number of carbonyl (C=O) groups is 2. The minimum atomic E-state index is -1.22. The molecule has 2 aromatic carbocycles. The fourth-order valence-electron chi connectivity index (χ4n) is 3.35. The molecule has 0 fully saturated rings. The number of benzene rings is 2. The standard InChI is InChI=1S/C21H19FO3/c1-25-20(24)21(12-5-7-15-6-4-9-17(22)14-15)13-11-16-8-2-3-10-18(16)19(21)23/h2-10,14H,11-13H2,1H3/b7-5-. The molecule has 4 heteroatoms. The van der Waals surface area contributed by atoms with Crippen LogP contribution in [0, 0.1) is 11.2 Å². The van der Waals surface area contributed by atoms with Crippen LogP contribution in [-0.2, 0) is 16.0 Å². The molecule has 25 heavy (non-hydrogen) atoms. The molecular weight excluding hydrogens is 319 g/mol. The molecule has 0 spiro atoms.